The average Bonchev–Trinajstić information content (AvgIpc) is 3.55. The van der Waals surface area contributed by atoms with Crippen molar-refractivity contribution >= 4 is 29.8 Å². The van der Waals surface area contributed by atoms with Gasteiger partial charge in [-0.25, -0.2) is 31.9 Å². The second-order valence-corrected chi connectivity index (χ2v) is 15.3. The molecule has 1 aromatic heterocycles. The molecule has 3 aromatic rings. The Balaban J connectivity index is 1.60. The summed E-state index contributed by atoms with van der Waals surface area (Å²) in [5.74, 6) is -7.83. The van der Waals surface area contributed by atoms with Crippen molar-refractivity contribution in [3.63, 3.8) is 0 Å². The number of benzene rings is 2. The zero-order chi connectivity index (χ0) is 41.0. The van der Waals surface area contributed by atoms with Crippen LogP contribution in [0.1, 0.15) is 103 Å². The van der Waals surface area contributed by atoms with Crippen LogP contribution < -0.4 is 16.0 Å². The quantitative estimate of drug-likeness (QED) is 0.0671. The SMILES string of the molecule is CC(C)(C)OC(=O)N(C(=O)OC(C)(C)C)[C@@](C)(CCCOc1cc(F)c(-n2c(N)c(C(=O)c3ccc(F)cc3F)ccc2=O)c(F)c1)C(=O)OC1CCCC1. The van der Waals surface area contributed by atoms with Gasteiger partial charge in [-0.05, 0) is 105 Å². The second kappa shape index (κ2) is 16.5. The number of ketones is 1. The van der Waals surface area contributed by atoms with Crippen LogP contribution in [0.25, 0.3) is 5.69 Å². The van der Waals surface area contributed by atoms with Crippen LogP contribution in [-0.2, 0) is 19.0 Å². The predicted molar refractivity (Wildman–Crippen MR) is 192 cm³/mol. The number of imide groups is 1. The maximum atomic E-state index is 15.6. The minimum atomic E-state index is -1.98. The van der Waals surface area contributed by atoms with E-state index in [4.69, 9.17) is 24.7 Å². The molecule has 1 saturated carbocycles. The number of carbonyl (C=O) groups excluding carboxylic acids is 4. The Hall–Kier alpha value is -5.41. The summed E-state index contributed by atoms with van der Waals surface area (Å²) in [7, 11) is 0. The largest absolute Gasteiger partial charge is 0.493 e. The van der Waals surface area contributed by atoms with E-state index in [1.54, 1.807) is 41.5 Å². The molecule has 2 aromatic carbocycles. The number of nitrogen functional groups attached to an aromatic ring is 1. The van der Waals surface area contributed by atoms with Gasteiger partial charge in [0, 0.05) is 24.3 Å². The molecule has 0 unspecified atom stereocenters. The van der Waals surface area contributed by atoms with Crippen LogP contribution in [0.5, 0.6) is 5.75 Å². The summed E-state index contributed by atoms with van der Waals surface area (Å²) in [6.45, 7) is 10.5. The number of anilines is 1. The molecule has 0 saturated heterocycles. The van der Waals surface area contributed by atoms with Crippen LogP contribution in [0.2, 0.25) is 0 Å². The first-order valence-electron chi connectivity index (χ1n) is 17.6. The van der Waals surface area contributed by atoms with Crippen LogP contribution in [0.15, 0.2) is 47.3 Å². The number of esters is 1. The van der Waals surface area contributed by atoms with Crippen molar-refractivity contribution in [1.29, 1.82) is 0 Å². The predicted octanol–water partition coefficient (Wildman–Crippen LogP) is 7.78. The maximum Gasteiger partial charge on any atom is 0.420 e. The molecule has 1 aliphatic rings. The molecule has 55 heavy (non-hydrogen) atoms. The van der Waals surface area contributed by atoms with Crippen LogP contribution in [0.3, 0.4) is 0 Å². The molecular formula is C39H45F4N3O9. The number of nitrogens with zero attached hydrogens (tertiary/aromatic N) is 2. The highest BCUT2D eigenvalue weighted by Crippen LogP contribution is 2.32. The minimum absolute atomic E-state index is 0.0696. The lowest BCUT2D eigenvalue weighted by Gasteiger charge is -2.39. The third-order valence-electron chi connectivity index (χ3n) is 8.50. The van der Waals surface area contributed by atoms with E-state index in [0.29, 0.717) is 28.4 Å². The summed E-state index contributed by atoms with van der Waals surface area (Å²) in [5, 5.41) is 0. The monoisotopic (exact) mass is 775 g/mol. The number of hydrogen-bond acceptors (Lipinski definition) is 10. The molecule has 0 aliphatic heterocycles. The smallest absolute Gasteiger partial charge is 0.420 e. The van der Waals surface area contributed by atoms with E-state index >= 15 is 8.78 Å². The summed E-state index contributed by atoms with van der Waals surface area (Å²) in [6.07, 6.45) is -0.205. The summed E-state index contributed by atoms with van der Waals surface area (Å²) in [5.41, 5.74) is -1.13. The summed E-state index contributed by atoms with van der Waals surface area (Å²) in [4.78, 5) is 67.4. The number of carbonyl (C=O) groups is 4. The molecule has 2 N–H and O–H groups in total. The molecule has 1 atom stereocenters. The Morgan fingerprint density at radius 2 is 1.35 bits per heavy atom. The number of pyridine rings is 1. The van der Waals surface area contributed by atoms with Gasteiger partial charge in [-0.2, -0.15) is 4.90 Å². The van der Waals surface area contributed by atoms with Crippen molar-refractivity contribution < 1.29 is 55.7 Å². The first kappa shape index (κ1) is 42.3. The highest BCUT2D eigenvalue weighted by molar-refractivity contribution is 6.12. The third-order valence-corrected chi connectivity index (χ3v) is 8.50. The van der Waals surface area contributed by atoms with Gasteiger partial charge in [-0.15, -0.1) is 0 Å². The molecule has 0 spiro atoms. The maximum absolute atomic E-state index is 15.6. The standard InChI is InChI=1S/C39H45F4N3O9/c1-37(2,3)54-35(50)46(36(51)55-38(4,5)6)39(7,34(49)53-23-11-8-9-12-23)17-10-18-52-24-20-28(42)31(29(43)21-24)45-30(47)16-15-26(33(45)44)32(48)25-14-13-22(40)19-27(25)41/h13-16,19-21,23H,8-12,17-18,44H2,1-7H3/t39-/m0/s1. The van der Waals surface area contributed by atoms with Gasteiger partial charge in [0.1, 0.15) is 46.2 Å². The average molecular weight is 776 g/mol. The van der Waals surface area contributed by atoms with Crippen molar-refractivity contribution in [2.24, 2.45) is 0 Å². The molecule has 16 heteroatoms. The number of aromatic nitrogens is 1. The number of hydrogen-bond donors (Lipinski definition) is 1. The van der Waals surface area contributed by atoms with E-state index in [9.17, 15) is 32.8 Å². The van der Waals surface area contributed by atoms with E-state index in [1.165, 1.54) is 6.92 Å². The van der Waals surface area contributed by atoms with Crippen molar-refractivity contribution in [1.82, 2.24) is 9.47 Å². The zero-order valence-electron chi connectivity index (χ0n) is 31.7. The lowest BCUT2D eigenvalue weighted by atomic mass is 9.94. The number of nitrogens with two attached hydrogens (primary N) is 1. The molecule has 0 bridgehead atoms. The van der Waals surface area contributed by atoms with Gasteiger partial charge >= 0.3 is 18.2 Å². The first-order valence-corrected chi connectivity index (χ1v) is 17.6. The second-order valence-electron chi connectivity index (χ2n) is 15.3. The highest BCUT2D eigenvalue weighted by atomic mass is 19.1. The van der Waals surface area contributed by atoms with Crippen molar-refractivity contribution in [3.05, 3.63) is 87.2 Å². The lowest BCUT2D eigenvalue weighted by molar-refractivity contribution is -0.162. The summed E-state index contributed by atoms with van der Waals surface area (Å²) in [6, 6.07) is 5.43. The van der Waals surface area contributed by atoms with Gasteiger partial charge in [-0.3, -0.25) is 14.2 Å². The Bertz CT molecular complexity index is 1970. The number of amides is 2. The van der Waals surface area contributed by atoms with Crippen LogP contribution in [-0.4, -0.2) is 62.9 Å². The number of ether oxygens (including phenoxy) is 4. The van der Waals surface area contributed by atoms with E-state index in [-0.39, 0.29) is 25.2 Å². The molecule has 4 rings (SSSR count). The number of halogens is 4. The fraction of sp³-hybridized carbons (Fsp3) is 0.462. The van der Waals surface area contributed by atoms with Gasteiger partial charge in [-0.1, -0.05) is 0 Å². The molecule has 0 radical (unpaired) electrons. The molecule has 12 nitrogen and oxygen atoms in total. The Kier molecular flexibility index (Phi) is 12.7. The Labute approximate surface area is 315 Å². The van der Waals surface area contributed by atoms with E-state index in [1.807, 2.05) is 0 Å². The molecule has 298 valence electrons. The van der Waals surface area contributed by atoms with E-state index < -0.39 is 98.2 Å². The lowest BCUT2D eigenvalue weighted by Crippen LogP contribution is -2.60. The van der Waals surface area contributed by atoms with Crippen molar-refractivity contribution in [3.8, 4) is 11.4 Å². The minimum Gasteiger partial charge on any atom is -0.493 e. The number of rotatable bonds is 11. The van der Waals surface area contributed by atoms with Crippen molar-refractivity contribution in [2.75, 3.05) is 12.3 Å². The zero-order valence-corrected chi connectivity index (χ0v) is 31.7. The van der Waals surface area contributed by atoms with Gasteiger partial charge in [0.2, 0.25) is 0 Å². The van der Waals surface area contributed by atoms with Gasteiger partial charge in [0.05, 0.1) is 17.7 Å². The highest BCUT2D eigenvalue weighted by Gasteiger charge is 2.51. The summed E-state index contributed by atoms with van der Waals surface area (Å²) >= 11 is 0. The molecular weight excluding hydrogens is 730 g/mol. The van der Waals surface area contributed by atoms with Gasteiger partial charge < -0.3 is 24.7 Å². The van der Waals surface area contributed by atoms with Gasteiger partial charge in [0.25, 0.3) is 5.56 Å². The van der Waals surface area contributed by atoms with E-state index in [2.05, 4.69) is 0 Å². The van der Waals surface area contributed by atoms with Crippen molar-refractivity contribution in [2.45, 2.75) is 110 Å². The Morgan fingerprint density at radius 1 is 0.800 bits per heavy atom. The van der Waals surface area contributed by atoms with Crippen LogP contribution in [0, 0.1) is 23.3 Å². The fourth-order valence-corrected chi connectivity index (χ4v) is 5.92. The summed E-state index contributed by atoms with van der Waals surface area (Å²) < 4.78 is 81.7. The molecule has 1 heterocycles. The first-order chi connectivity index (χ1) is 25.5. The van der Waals surface area contributed by atoms with Gasteiger partial charge in [0.15, 0.2) is 23.0 Å². The van der Waals surface area contributed by atoms with E-state index in [0.717, 1.165) is 49.2 Å². The van der Waals surface area contributed by atoms with Crippen LogP contribution in [0.4, 0.5) is 33.0 Å². The normalized spacial score (nSPS) is 14.5. The topological polar surface area (TPSA) is 156 Å². The molecule has 1 fully saturated rings. The third kappa shape index (κ3) is 10.2. The Morgan fingerprint density at radius 3 is 1.87 bits per heavy atom. The molecule has 1 aliphatic carbocycles. The fourth-order valence-electron chi connectivity index (χ4n) is 5.92. The molecule has 2 amide bonds. The van der Waals surface area contributed by atoms with Crippen LogP contribution >= 0.6 is 0 Å².